The molecule has 1 aliphatic rings. The third-order valence-corrected chi connectivity index (χ3v) is 4.28. The normalized spacial score (nSPS) is 16.7. The van der Waals surface area contributed by atoms with Crippen molar-refractivity contribution in [1.29, 1.82) is 0 Å². The number of nitrogens with zero attached hydrogens (tertiary/aromatic N) is 1. The Morgan fingerprint density at radius 1 is 1.30 bits per heavy atom. The predicted octanol–water partition coefficient (Wildman–Crippen LogP) is 1.77. The van der Waals surface area contributed by atoms with Crippen LogP contribution in [0.15, 0.2) is 18.2 Å². The van der Waals surface area contributed by atoms with E-state index in [0.29, 0.717) is 12.6 Å². The first-order valence-corrected chi connectivity index (χ1v) is 8.35. The molecule has 5 heteroatoms. The quantitative estimate of drug-likeness (QED) is 0.765. The van der Waals surface area contributed by atoms with Crippen molar-refractivity contribution in [3.63, 3.8) is 0 Å². The zero-order valence-corrected chi connectivity index (χ0v) is 14.1. The number of hydrogen-bond donors (Lipinski definition) is 2. The van der Waals surface area contributed by atoms with Crippen molar-refractivity contribution in [1.82, 2.24) is 4.90 Å². The second kappa shape index (κ2) is 8.31. The van der Waals surface area contributed by atoms with E-state index in [0.717, 1.165) is 29.7 Å². The Morgan fingerprint density at radius 3 is 2.48 bits per heavy atom. The van der Waals surface area contributed by atoms with Crippen molar-refractivity contribution in [2.75, 3.05) is 19.7 Å². The molecule has 0 aromatic heterocycles. The van der Waals surface area contributed by atoms with Gasteiger partial charge in [0.1, 0.15) is 18.5 Å². The van der Waals surface area contributed by atoms with Gasteiger partial charge < -0.3 is 15.6 Å². The highest BCUT2D eigenvalue weighted by Crippen LogP contribution is 2.23. The number of aryl methyl sites for hydroxylation is 2. The molecular weight excluding hydrogens is 292 g/mol. The summed E-state index contributed by atoms with van der Waals surface area (Å²) in [5.74, 6) is 0.420. The maximum Gasteiger partial charge on any atom is 0.231 e. The van der Waals surface area contributed by atoms with E-state index in [1.54, 1.807) is 0 Å². The van der Waals surface area contributed by atoms with Crippen LogP contribution in [0.4, 0.5) is 0 Å². The molecule has 1 aromatic carbocycles. The molecule has 0 bridgehead atoms. The first-order valence-electron chi connectivity index (χ1n) is 8.35. The minimum absolute atomic E-state index is 0.200. The van der Waals surface area contributed by atoms with Gasteiger partial charge in [-0.15, -0.1) is 0 Å². The Labute approximate surface area is 138 Å². The zero-order chi connectivity index (χ0) is 16.8. The van der Waals surface area contributed by atoms with Gasteiger partial charge in [-0.1, -0.05) is 18.9 Å². The van der Waals surface area contributed by atoms with Gasteiger partial charge in [0.05, 0.1) is 6.54 Å². The molecule has 0 spiro atoms. The lowest BCUT2D eigenvalue weighted by atomic mass is 10.1. The summed E-state index contributed by atoms with van der Waals surface area (Å²) in [7, 11) is 0. The topological polar surface area (TPSA) is 75.8 Å². The number of aliphatic hydroxyl groups is 1. The minimum Gasteiger partial charge on any atom is -0.491 e. The van der Waals surface area contributed by atoms with Gasteiger partial charge in [0.15, 0.2) is 0 Å². The lowest BCUT2D eigenvalue weighted by molar-refractivity contribution is -0.120. The second-order valence-corrected chi connectivity index (χ2v) is 6.62. The van der Waals surface area contributed by atoms with Crippen LogP contribution in [0.3, 0.4) is 0 Å². The molecule has 2 rings (SSSR count). The van der Waals surface area contributed by atoms with E-state index in [9.17, 15) is 9.90 Å². The molecule has 1 aliphatic carbocycles. The highest BCUT2D eigenvalue weighted by atomic mass is 16.5. The highest BCUT2D eigenvalue weighted by molar-refractivity contribution is 5.75. The van der Waals surface area contributed by atoms with Gasteiger partial charge in [0, 0.05) is 12.6 Å². The summed E-state index contributed by atoms with van der Waals surface area (Å²) >= 11 is 0. The number of benzene rings is 1. The Bertz CT molecular complexity index is 507. The van der Waals surface area contributed by atoms with E-state index >= 15 is 0 Å². The van der Waals surface area contributed by atoms with Crippen LogP contribution >= 0.6 is 0 Å². The number of carbonyl (C=O) groups excluding carboxylic acids is 1. The van der Waals surface area contributed by atoms with Crippen LogP contribution in [0.1, 0.15) is 36.8 Å². The molecule has 0 saturated heterocycles. The van der Waals surface area contributed by atoms with E-state index in [1.165, 1.54) is 12.8 Å². The fourth-order valence-electron chi connectivity index (χ4n) is 3.34. The molecule has 3 N–H and O–H groups in total. The van der Waals surface area contributed by atoms with E-state index in [1.807, 2.05) is 30.9 Å². The van der Waals surface area contributed by atoms with Gasteiger partial charge >= 0.3 is 0 Å². The molecule has 1 saturated carbocycles. The largest absolute Gasteiger partial charge is 0.491 e. The standard InChI is InChI=1S/C18H28N2O3/c1-13-7-14(2)9-17(8-13)23-12-16(21)10-20(11-18(19)22)15-5-3-4-6-15/h7-9,15-16,21H,3-6,10-12H2,1-2H3,(H2,19,22). The Balaban J connectivity index is 1.87. The fourth-order valence-corrected chi connectivity index (χ4v) is 3.34. The van der Waals surface area contributed by atoms with Gasteiger partial charge in [-0.05, 0) is 49.9 Å². The third-order valence-electron chi connectivity index (χ3n) is 4.28. The summed E-state index contributed by atoms with van der Waals surface area (Å²) in [6.45, 7) is 4.87. The number of carbonyl (C=O) groups is 1. The molecule has 0 radical (unpaired) electrons. The smallest absolute Gasteiger partial charge is 0.231 e. The van der Waals surface area contributed by atoms with Crippen molar-refractivity contribution >= 4 is 5.91 Å². The van der Waals surface area contributed by atoms with Gasteiger partial charge in [-0.3, -0.25) is 9.69 Å². The average molecular weight is 320 g/mol. The van der Waals surface area contributed by atoms with Crippen molar-refractivity contribution in [2.24, 2.45) is 5.73 Å². The minimum atomic E-state index is -0.643. The van der Waals surface area contributed by atoms with Crippen molar-refractivity contribution in [3.05, 3.63) is 29.3 Å². The SMILES string of the molecule is Cc1cc(C)cc(OCC(O)CN(CC(N)=O)C2CCCC2)c1. The summed E-state index contributed by atoms with van der Waals surface area (Å²) in [6, 6.07) is 6.34. The van der Waals surface area contributed by atoms with Crippen LogP contribution in [-0.2, 0) is 4.79 Å². The summed E-state index contributed by atoms with van der Waals surface area (Å²) in [6.07, 6.45) is 3.84. The number of amides is 1. The third kappa shape index (κ3) is 5.84. The summed E-state index contributed by atoms with van der Waals surface area (Å²) < 4.78 is 5.71. The van der Waals surface area contributed by atoms with E-state index in [-0.39, 0.29) is 19.1 Å². The maximum absolute atomic E-state index is 11.3. The lowest BCUT2D eigenvalue weighted by Crippen LogP contribution is -2.45. The number of rotatable bonds is 8. The highest BCUT2D eigenvalue weighted by Gasteiger charge is 2.25. The van der Waals surface area contributed by atoms with Gasteiger partial charge in [0.2, 0.25) is 5.91 Å². The number of nitrogens with two attached hydrogens (primary N) is 1. The van der Waals surface area contributed by atoms with Crippen molar-refractivity contribution < 1.29 is 14.6 Å². The first kappa shape index (κ1) is 17.8. The van der Waals surface area contributed by atoms with Crippen LogP contribution < -0.4 is 10.5 Å². The molecule has 1 aromatic rings. The molecule has 128 valence electrons. The fraction of sp³-hybridized carbons (Fsp3) is 0.611. The molecule has 1 fully saturated rings. The maximum atomic E-state index is 11.3. The molecular formula is C18H28N2O3. The molecule has 0 aliphatic heterocycles. The molecule has 1 unspecified atom stereocenters. The molecule has 1 amide bonds. The summed E-state index contributed by atoms with van der Waals surface area (Å²) in [4.78, 5) is 13.3. The van der Waals surface area contributed by atoms with Crippen LogP contribution in [0.5, 0.6) is 5.75 Å². The second-order valence-electron chi connectivity index (χ2n) is 6.62. The number of primary amides is 1. The summed E-state index contributed by atoms with van der Waals surface area (Å²) in [5, 5.41) is 10.3. The van der Waals surface area contributed by atoms with E-state index in [4.69, 9.17) is 10.5 Å². The van der Waals surface area contributed by atoms with Gasteiger partial charge in [-0.2, -0.15) is 0 Å². The average Bonchev–Trinajstić information content (AvgIpc) is 2.97. The van der Waals surface area contributed by atoms with Crippen LogP contribution in [0.25, 0.3) is 0 Å². The van der Waals surface area contributed by atoms with Crippen LogP contribution in [0, 0.1) is 13.8 Å². The van der Waals surface area contributed by atoms with Gasteiger partial charge in [0.25, 0.3) is 0 Å². The number of ether oxygens (including phenoxy) is 1. The Hall–Kier alpha value is -1.59. The van der Waals surface area contributed by atoms with Crippen LogP contribution in [0.2, 0.25) is 0 Å². The number of hydrogen-bond acceptors (Lipinski definition) is 4. The molecule has 5 nitrogen and oxygen atoms in total. The predicted molar refractivity (Wildman–Crippen MR) is 90.4 cm³/mol. The summed E-state index contributed by atoms with van der Waals surface area (Å²) in [5.41, 5.74) is 7.61. The van der Waals surface area contributed by atoms with Crippen molar-refractivity contribution in [2.45, 2.75) is 51.7 Å². The van der Waals surface area contributed by atoms with Crippen LogP contribution in [-0.4, -0.2) is 47.8 Å². The van der Waals surface area contributed by atoms with E-state index in [2.05, 4.69) is 6.07 Å². The number of aliphatic hydroxyl groups excluding tert-OH is 1. The zero-order valence-electron chi connectivity index (χ0n) is 14.1. The lowest BCUT2D eigenvalue weighted by Gasteiger charge is -2.29. The monoisotopic (exact) mass is 320 g/mol. The molecule has 23 heavy (non-hydrogen) atoms. The van der Waals surface area contributed by atoms with E-state index < -0.39 is 6.10 Å². The Kier molecular flexibility index (Phi) is 6.42. The Morgan fingerprint density at radius 2 is 1.91 bits per heavy atom. The van der Waals surface area contributed by atoms with Crippen molar-refractivity contribution in [3.8, 4) is 5.75 Å². The molecule has 1 atom stereocenters. The first-order chi connectivity index (χ1) is 10.9. The molecule has 0 heterocycles. The van der Waals surface area contributed by atoms with Gasteiger partial charge in [-0.25, -0.2) is 0 Å².